The Morgan fingerprint density at radius 3 is 2.50 bits per heavy atom. The number of anilines is 1. The summed E-state index contributed by atoms with van der Waals surface area (Å²) < 4.78 is 1.67. The molecule has 0 radical (unpaired) electrons. The molecule has 26 heavy (non-hydrogen) atoms. The zero-order valence-electron chi connectivity index (χ0n) is 14.1. The maximum absolute atomic E-state index is 12.4. The number of carbonyl (C=O) groups is 2. The van der Waals surface area contributed by atoms with Crippen LogP contribution in [0.25, 0.3) is 0 Å². The standard InChI is InChI=1S/C18H17N5O2S/c1-13(24)19-16-9-7-15(8-10-16)17(25)12-26-18-20-21-22-23(18)11-14-5-3-2-4-6-14/h2-10H,11-12H2,1H3,(H,19,24). The van der Waals surface area contributed by atoms with Gasteiger partial charge in [0.25, 0.3) is 0 Å². The number of nitrogens with zero attached hydrogens (tertiary/aromatic N) is 4. The summed E-state index contributed by atoms with van der Waals surface area (Å²) in [6.07, 6.45) is 0. The highest BCUT2D eigenvalue weighted by Crippen LogP contribution is 2.18. The third kappa shape index (κ3) is 4.76. The van der Waals surface area contributed by atoms with Crippen LogP contribution in [-0.4, -0.2) is 37.7 Å². The molecule has 0 aliphatic rings. The van der Waals surface area contributed by atoms with Crippen LogP contribution in [0.3, 0.4) is 0 Å². The van der Waals surface area contributed by atoms with E-state index in [0.717, 1.165) is 5.56 Å². The van der Waals surface area contributed by atoms with Crippen LogP contribution < -0.4 is 5.32 Å². The highest BCUT2D eigenvalue weighted by molar-refractivity contribution is 7.99. The molecule has 1 heterocycles. The number of thioether (sulfide) groups is 1. The summed E-state index contributed by atoms with van der Waals surface area (Å²) in [5.41, 5.74) is 2.32. The molecule has 7 nitrogen and oxygen atoms in total. The quantitative estimate of drug-likeness (QED) is 0.510. The van der Waals surface area contributed by atoms with Crippen LogP contribution in [0, 0.1) is 0 Å². The van der Waals surface area contributed by atoms with Gasteiger partial charge in [0.2, 0.25) is 11.1 Å². The van der Waals surface area contributed by atoms with Crippen molar-refractivity contribution >= 4 is 29.1 Å². The molecule has 1 aromatic heterocycles. The van der Waals surface area contributed by atoms with Gasteiger partial charge in [-0.2, -0.15) is 0 Å². The van der Waals surface area contributed by atoms with Gasteiger partial charge in [-0.05, 0) is 40.3 Å². The fraction of sp³-hybridized carbons (Fsp3) is 0.167. The lowest BCUT2D eigenvalue weighted by atomic mass is 10.1. The second kappa shape index (κ2) is 8.39. The number of carbonyl (C=O) groups excluding carboxylic acids is 2. The zero-order chi connectivity index (χ0) is 18.4. The molecule has 0 fully saturated rings. The van der Waals surface area contributed by atoms with E-state index in [4.69, 9.17) is 0 Å². The first-order valence-electron chi connectivity index (χ1n) is 7.95. The predicted molar refractivity (Wildman–Crippen MR) is 99.2 cm³/mol. The number of hydrogen-bond acceptors (Lipinski definition) is 6. The molecule has 0 saturated heterocycles. The van der Waals surface area contributed by atoms with Gasteiger partial charge in [-0.1, -0.05) is 42.1 Å². The number of hydrogen-bond donors (Lipinski definition) is 1. The van der Waals surface area contributed by atoms with Crippen LogP contribution in [0.1, 0.15) is 22.8 Å². The number of benzene rings is 2. The summed E-state index contributed by atoms with van der Waals surface area (Å²) in [6.45, 7) is 1.99. The van der Waals surface area contributed by atoms with Crippen molar-refractivity contribution < 1.29 is 9.59 Å². The number of rotatable bonds is 7. The summed E-state index contributed by atoms with van der Waals surface area (Å²) in [4.78, 5) is 23.4. The summed E-state index contributed by atoms with van der Waals surface area (Å²) in [6, 6.07) is 16.7. The van der Waals surface area contributed by atoms with Gasteiger partial charge in [-0.3, -0.25) is 9.59 Å². The normalized spacial score (nSPS) is 10.5. The third-order valence-corrected chi connectivity index (χ3v) is 4.49. The van der Waals surface area contributed by atoms with Gasteiger partial charge in [0, 0.05) is 18.2 Å². The first kappa shape index (κ1) is 17.8. The van der Waals surface area contributed by atoms with E-state index in [2.05, 4.69) is 20.8 Å². The number of amides is 1. The molecule has 0 aliphatic carbocycles. The van der Waals surface area contributed by atoms with E-state index in [1.807, 2.05) is 30.3 Å². The van der Waals surface area contributed by atoms with E-state index < -0.39 is 0 Å². The first-order chi connectivity index (χ1) is 12.6. The van der Waals surface area contributed by atoms with Crippen molar-refractivity contribution in [2.24, 2.45) is 0 Å². The van der Waals surface area contributed by atoms with Crippen molar-refractivity contribution in [2.45, 2.75) is 18.6 Å². The van der Waals surface area contributed by atoms with Crippen molar-refractivity contribution in [1.82, 2.24) is 20.2 Å². The molecule has 1 N–H and O–H groups in total. The minimum atomic E-state index is -0.148. The van der Waals surface area contributed by atoms with Crippen LogP contribution in [0.15, 0.2) is 59.8 Å². The second-order valence-electron chi connectivity index (χ2n) is 5.58. The van der Waals surface area contributed by atoms with Crippen LogP contribution >= 0.6 is 11.8 Å². The average molecular weight is 367 g/mol. The van der Waals surface area contributed by atoms with Gasteiger partial charge in [-0.25, -0.2) is 4.68 Å². The molecule has 0 spiro atoms. The van der Waals surface area contributed by atoms with Gasteiger partial charge in [0.05, 0.1) is 12.3 Å². The minimum absolute atomic E-state index is 0.0290. The highest BCUT2D eigenvalue weighted by Gasteiger charge is 2.12. The summed E-state index contributed by atoms with van der Waals surface area (Å²) in [5.74, 6) is 0.0535. The predicted octanol–water partition coefficient (Wildman–Crippen LogP) is 2.65. The fourth-order valence-corrected chi connectivity index (χ4v) is 3.08. The zero-order valence-corrected chi connectivity index (χ0v) is 14.9. The Morgan fingerprint density at radius 2 is 1.81 bits per heavy atom. The molecule has 3 aromatic rings. The second-order valence-corrected chi connectivity index (χ2v) is 6.52. The summed E-state index contributed by atoms with van der Waals surface area (Å²) in [7, 11) is 0. The van der Waals surface area contributed by atoms with Gasteiger partial charge >= 0.3 is 0 Å². The first-order valence-corrected chi connectivity index (χ1v) is 8.94. The largest absolute Gasteiger partial charge is 0.326 e. The Balaban J connectivity index is 1.60. The van der Waals surface area contributed by atoms with Crippen LogP contribution in [0.5, 0.6) is 0 Å². The van der Waals surface area contributed by atoms with E-state index in [9.17, 15) is 9.59 Å². The molecule has 0 unspecified atom stereocenters. The molecular weight excluding hydrogens is 350 g/mol. The average Bonchev–Trinajstić information content (AvgIpc) is 3.07. The monoisotopic (exact) mass is 367 g/mol. The lowest BCUT2D eigenvalue weighted by molar-refractivity contribution is -0.114. The van der Waals surface area contributed by atoms with E-state index in [0.29, 0.717) is 23.0 Å². The molecule has 2 aromatic carbocycles. The molecule has 132 valence electrons. The number of nitrogens with one attached hydrogen (secondary N) is 1. The molecule has 8 heteroatoms. The maximum Gasteiger partial charge on any atom is 0.221 e. The highest BCUT2D eigenvalue weighted by atomic mass is 32.2. The Bertz CT molecular complexity index is 893. The Kier molecular flexibility index (Phi) is 5.75. The summed E-state index contributed by atoms with van der Waals surface area (Å²) >= 11 is 1.30. The van der Waals surface area contributed by atoms with E-state index >= 15 is 0 Å². The Morgan fingerprint density at radius 1 is 1.08 bits per heavy atom. The molecule has 0 atom stereocenters. The van der Waals surface area contributed by atoms with Gasteiger partial charge < -0.3 is 5.32 Å². The summed E-state index contributed by atoms with van der Waals surface area (Å²) in [5, 5.41) is 14.9. The number of tetrazole rings is 1. The molecular formula is C18H17N5O2S. The van der Waals surface area contributed by atoms with Crippen molar-refractivity contribution in [3.8, 4) is 0 Å². The minimum Gasteiger partial charge on any atom is -0.326 e. The SMILES string of the molecule is CC(=O)Nc1ccc(C(=O)CSc2nnnn2Cc2ccccc2)cc1. The third-order valence-electron chi connectivity index (χ3n) is 3.53. The van der Waals surface area contributed by atoms with Crippen molar-refractivity contribution in [1.29, 1.82) is 0 Å². The lowest BCUT2D eigenvalue weighted by Crippen LogP contribution is -2.08. The topological polar surface area (TPSA) is 89.8 Å². The van der Waals surface area contributed by atoms with E-state index in [-0.39, 0.29) is 17.4 Å². The van der Waals surface area contributed by atoms with E-state index in [1.54, 1.807) is 28.9 Å². The van der Waals surface area contributed by atoms with Gasteiger partial charge in [0.1, 0.15) is 0 Å². The van der Waals surface area contributed by atoms with Crippen molar-refractivity contribution in [3.05, 3.63) is 65.7 Å². The Labute approximate surface area is 154 Å². The molecule has 3 rings (SSSR count). The van der Waals surface area contributed by atoms with Crippen LogP contribution in [0.2, 0.25) is 0 Å². The van der Waals surface area contributed by atoms with Crippen molar-refractivity contribution in [2.75, 3.05) is 11.1 Å². The molecule has 0 saturated carbocycles. The number of ketones is 1. The van der Waals surface area contributed by atoms with Crippen LogP contribution in [-0.2, 0) is 11.3 Å². The van der Waals surface area contributed by atoms with Gasteiger partial charge in [0.15, 0.2) is 5.78 Å². The van der Waals surface area contributed by atoms with Gasteiger partial charge in [-0.15, -0.1) is 5.10 Å². The maximum atomic E-state index is 12.4. The van der Waals surface area contributed by atoms with E-state index in [1.165, 1.54) is 18.7 Å². The Hall–Kier alpha value is -3.00. The van der Waals surface area contributed by atoms with Crippen LogP contribution in [0.4, 0.5) is 5.69 Å². The van der Waals surface area contributed by atoms with Crippen molar-refractivity contribution in [3.63, 3.8) is 0 Å². The smallest absolute Gasteiger partial charge is 0.221 e. The molecule has 0 bridgehead atoms. The number of Topliss-reactive ketones (excluding diaryl/α,β-unsaturated/α-hetero) is 1. The lowest BCUT2D eigenvalue weighted by Gasteiger charge is -2.05. The molecule has 0 aliphatic heterocycles. The fourth-order valence-electron chi connectivity index (χ4n) is 2.31. The number of aromatic nitrogens is 4. The molecule has 1 amide bonds.